The van der Waals surface area contributed by atoms with Crippen molar-refractivity contribution in [3.63, 3.8) is 0 Å². The lowest BCUT2D eigenvalue weighted by molar-refractivity contribution is 0.0421. The van der Waals surface area contributed by atoms with Gasteiger partial charge >= 0.3 is 12.0 Å². The minimum absolute atomic E-state index is 0.114. The number of hydrogen-bond acceptors (Lipinski definition) is 4. The average Bonchev–Trinajstić information content (AvgIpc) is 2.62. The van der Waals surface area contributed by atoms with Crippen molar-refractivity contribution in [1.82, 2.24) is 14.9 Å². The normalized spacial score (nSPS) is 15.4. The van der Waals surface area contributed by atoms with Gasteiger partial charge in [0.1, 0.15) is 0 Å². The molecule has 1 aliphatic heterocycles. The molecule has 3 rings (SSSR count). The highest BCUT2D eigenvalue weighted by molar-refractivity contribution is 5.65. The van der Waals surface area contributed by atoms with Crippen LogP contribution in [0.15, 0.2) is 42.7 Å². The molecule has 1 amide bonds. The SMILES string of the molecule is O=C(O)N1CCN(c2ncc(C(F)(F)c3ccccc3)cn2)CC1. The lowest BCUT2D eigenvalue weighted by Gasteiger charge is -2.33. The molecule has 0 saturated carbocycles. The Morgan fingerprint density at radius 2 is 1.58 bits per heavy atom. The van der Waals surface area contributed by atoms with Gasteiger partial charge in [0, 0.05) is 44.1 Å². The van der Waals surface area contributed by atoms with Gasteiger partial charge in [-0.25, -0.2) is 14.8 Å². The summed E-state index contributed by atoms with van der Waals surface area (Å²) in [5.41, 5.74) is -0.391. The van der Waals surface area contributed by atoms with Gasteiger partial charge in [0.05, 0.1) is 5.56 Å². The summed E-state index contributed by atoms with van der Waals surface area (Å²) < 4.78 is 28.9. The molecule has 1 aliphatic rings. The van der Waals surface area contributed by atoms with Gasteiger partial charge in [0.25, 0.3) is 0 Å². The summed E-state index contributed by atoms with van der Waals surface area (Å²) in [5.74, 6) is -2.84. The maximum absolute atomic E-state index is 14.4. The maximum atomic E-state index is 14.4. The highest BCUT2D eigenvalue weighted by atomic mass is 19.3. The van der Waals surface area contributed by atoms with Crippen LogP contribution >= 0.6 is 0 Å². The molecule has 1 fully saturated rings. The van der Waals surface area contributed by atoms with Crippen LogP contribution in [-0.4, -0.2) is 52.2 Å². The molecule has 1 N–H and O–H groups in total. The van der Waals surface area contributed by atoms with E-state index in [-0.39, 0.29) is 11.1 Å². The Morgan fingerprint density at radius 1 is 1.00 bits per heavy atom. The van der Waals surface area contributed by atoms with E-state index < -0.39 is 12.0 Å². The second-order valence-corrected chi connectivity index (χ2v) is 5.47. The van der Waals surface area contributed by atoms with Crippen molar-refractivity contribution in [3.05, 3.63) is 53.9 Å². The van der Waals surface area contributed by atoms with Gasteiger partial charge in [0.2, 0.25) is 5.95 Å². The molecule has 0 aliphatic carbocycles. The Balaban J connectivity index is 1.73. The standard InChI is InChI=1S/C16H16F2N4O2/c17-16(18,12-4-2-1-3-5-12)13-10-19-14(20-11-13)21-6-8-22(9-7-21)15(23)24/h1-5,10-11H,6-9H2,(H,23,24). The van der Waals surface area contributed by atoms with Crippen LogP contribution in [0.3, 0.4) is 0 Å². The summed E-state index contributed by atoms with van der Waals surface area (Å²) in [6, 6.07) is 7.51. The fraction of sp³-hybridized carbons (Fsp3) is 0.312. The zero-order chi connectivity index (χ0) is 17.2. The van der Waals surface area contributed by atoms with E-state index in [2.05, 4.69) is 9.97 Å². The minimum Gasteiger partial charge on any atom is -0.465 e. The third kappa shape index (κ3) is 3.12. The number of benzene rings is 1. The molecule has 24 heavy (non-hydrogen) atoms. The number of amides is 1. The number of piperazine rings is 1. The first-order valence-corrected chi connectivity index (χ1v) is 7.47. The zero-order valence-corrected chi connectivity index (χ0v) is 12.8. The van der Waals surface area contributed by atoms with Crippen LogP contribution in [0.25, 0.3) is 0 Å². The van der Waals surface area contributed by atoms with Crippen LogP contribution in [0.5, 0.6) is 0 Å². The molecule has 0 unspecified atom stereocenters. The van der Waals surface area contributed by atoms with Gasteiger partial charge in [-0.3, -0.25) is 0 Å². The lowest BCUT2D eigenvalue weighted by atomic mass is 10.0. The maximum Gasteiger partial charge on any atom is 0.407 e. The molecule has 1 aromatic heterocycles. The molecule has 0 spiro atoms. The van der Waals surface area contributed by atoms with E-state index in [4.69, 9.17) is 5.11 Å². The smallest absolute Gasteiger partial charge is 0.407 e. The zero-order valence-electron chi connectivity index (χ0n) is 12.8. The van der Waals surface area contributed by atoms with Crippen LogP contribution in [-0.2, 0) is 5.92 Å². The van der Waals surface area contributed by atoms with Gasteiger partial charge in [0.15, 0.2) is 0 Å². The van der Waals surface area contributed by atoms with Crippen molar-refractivity contribution in [2.24, 2.45) is 0 Å². The Bertz CT molecular complexity index is 702. The van der Waals surface area contributed by atoms with Crippen molar-refractivity contribution in [2.75, 3.05) is 31.1 Å². The van der Waals surface area contributed by atoms with Gasteiger partial charge in [-0.2, -0.15) is 8.78 Å². The van der Waals surface area contributed by atoms with E-state index >= 15 is 0 Å². The highest BCUT2D eigenvalue weighted by Crippen LogP contribution is 2.34. The molecule has 0 radical (unpaired) electrons. The van der Waals surface area contributed by atoms with Gasteiger partial charge < -0.3 is 14.9 Å². The summed E-state index contributed by atoms with van der Waals surface area (Å²) in [6.07, 6.45) is 1.28. The number of hydrogen-bond donors (Lipinski definition) is 1. The number of halogens is 2. The van der Waals surface area contributed by atoms with E-state index in [1.54, 1.807) is 23.1 Å². The van der Waals surface area contributed by atoms with Crippen LogP contribution < -0.4 is 4.90 Å². The lowest BCUT2D eigenvalue weighted by Crippen LogP contribution is -2.48. The molecule has 2 aromatic rings. The average molecular weight is 334 g/mol. The number of nitrogens with zero attached hydrogens (tertiary/aromatic N) is 4. The fourth-order valence-corrected chi connectivity index (χ4v) is 2.56. The van der Waals surface area contributed by atoms with E-state index in [1.807, 2.05) is 0 Å². The topological polar surface area (TPSA) is 69.6 Å². The molecular weight excluding hydrogens is 318 g/mol. The molecule has 6 nitrogen and oxygen atoms in total. The molecule has 1 aromatic carbocycles. The fourth-order valence-electron chi connectivity index (χ4n) is 2.56. The number of rotatable bonds is 3. The third-order valence-electron chi connectivity index (χ3n) is 3.97. The second-order valence-electron chi connectivity index (χ2n) is 5.47. The van der Waals surface area contributed by atoms with E-state index in [0.29, 0.717) is 32.1 Å². The van der Waals surface area contributed by atoms with Crippen molar-refractivity contribution in [2.45, 2.75) is 5.92 Å². The number of carboxylic acid groups (broad SMARTS) is 1. The summed E-state index contributed by atoms with van der Waals surface area (Å²) in [5, 5.41) is 8.92. The number of aromatic nitrogens is 2. The van der Waals surface area contributed by atoms with Crippen molar-refractivity contribution in [3.8, 4) is 0 Å². The van der Waals surface area contributed by atoms with Crippen LogP contribution in [0.4, 0.5) is 19.5 Å². The summed E-state index contributed by atoms with van der Waals surface area (Å²) >= 11 is 0. The Labute approximate surface area is 137 Å². The molecule has 2 heterocycles. The number of anilines is 1. The summed E-state index contributed by atoms with van der Waals surface area (Å²) in [4.78, 5) is 22.0. The quantitative estimate of drug-likeness (QED) is 0.933. The first-order valence-electron chi connectivity index (χ1n) is 7.47. The van der Waals surface area contributed by atoms with E-state index in [1.165, 1.54) is 17.0 Å². The van der Waals surface area contributed by atoms with Gasteiger partial charge in [-0.15, -0.1) is 0 Å². The van der Waals surface area contributed by atoms with Crippen LogP contribution in [0, 0.1) is 0 Å². The Kier molecular flexibility index (Phi) is 4.28. The first kappa shape index (κ1) is 16.1. The second kappa shape index (κ2) is 6.38. The van der Waals surface area contributed by atoms with Crippen LogP contribution in [0.2, 0.25) is 0 Å². The third-order valence-corrected chi connectivity index (χ3v) is 3.97. The monoisotopic (exact) mass is 334 g/mol. The highest BCUT2D eigenvalue weighted by Gasteiger charge is 2.35. The largest absolute Gasteiger partial charge is 0.465 e. The predicted octanol–water partition coefficient (Wildman–Crippen LogP) is 2.42. The van der Waals surface area contributed by atoms with Gasteiger partial charge in [-0.1, -0.05) is 30.3 Å². The molecular formula is C16H16F2N4O2. The summed E-state index contributed by atoms with van der Waals surface area (Å²) in [6.45, 7) is 1.53. The van der Waals surface area contributed by atoms with Crippen molar-refractivity contribution in [1.29, 1.82) is 0 Å². The van der Waals surface area contributed by atoms with Crippen LogP contribution in [0.1, 0.15) is 11.1 Å². The predicted molar refractivity (Wildman–Crippen MR) is 83.3 cm³/mol. The van der Waals surface area contributed by atoms with E-state index in [0.717, 1.165) is 12.4 Å². The number of carbonyl (C=O) groups is 1. The van der Waals surface area contributed by atoms with E-state index in [9.17, 15) is 13.6 Å². The van der Waals surface area contributed by atoms with Gasteiger partial charge in [-0.05, 0) is 0 Å². The Hall–Kier alpha value is -2.77. The molecule has 8 heteroatoms. The molecule has 0 bridgehead atoms. The van der Waals surface area contributed by atoms with Crippen molar-refractivity contribution < 1.29 is 18.7 Å². The van der Waals surface area contributed by atoms with Crippen molar-refractivity contribution >= 4 is 12.0 Å². The first-order chi connectivity index (χ1) is 11.5. The Morgan fingerprint density at radius 3 is 2.12 bits per heavy atom. The minimum atomic E-state index is -3.16. The number of alkyl halides is 2. The molecule has 1 saturated heterocycles. The summed E-state index contributed by atoms with van der Waals surface area (Å²) in [7, 11) is 0. The molecule has 126 valence electrons. The molecule has 0 atom stereocenters.